The summed E-state index contributed by atoms with van der Waals surface area (Å²) in [6.07, 6.45) is -0.475. The van der Waals surface area contributed by atoms with Crippen LogP contribution in [0.5, 0.6) is 0 Å². The summed E-state index contributed by atoms with van der Waals surface area (Å²) in [7, 11) is 0. The largest absolute Gasteiger partial charge is 0.444 e. The number of rotatable bonds is 2. The van der Waals surface area contributed by atoms with Gasteiger partial charge in [-0.1, -0.05) is 17.7 Å². The Labute approximate surface area is 114 Å². The van der Waals surface area contributed by atoms with Gasteiger partial charge < -0.3 is 10.1 Å². The maximum absolute atomic E-state index is 11.4. The molecule has 1 amide bonds. The molecule has 0 aliphatic carbocycles. The molecular formula is C11H14BrClN2O2. The van der Waals surface area contributed by atoms with Crippen LogP contribution in [0.1, 0.15) is 26.3 Å². The van der Waals surface area contributed by atoms with Crippen LogP contribution in [-0.4, -0.2) is 16.7 Å². The molecule has 1 rings (SSSR count). The molecule has 0 aromatic carbocycles. The Morgan fingerprint density at radius 2 is 2.18 bits per heavy atom. The van der Waals surface area contributed by atoms with Crippen molar-refractivity contribution in [2.75, 3.05) is 0 Å². The molecule has 17 heavy (non-hydrogen) atoms. The Kier molecular flexibility index (Phi) is 4.77. The molecule has 1 aromatic heterocycles. The number of nitrogens with zero attached hydrogens (tertiary/aromatic N) is 1. The summed E-state index contributed by atoms with van der Waals surface area (Å²) >= 11 is 9.12. The molecule has 0 radical (unpaired) electrons. The van der Waals surface area contributed by atoms with Crippen LogP contribution in [0.25, 0.3) is 0 Å². The summed E-state index contributed by atoms with van der Waals surface area (Å²) in [4.78, 5) is 15.4. The van der Waals surface area contributed by atoms with Gasteiger partial charge in [0.25, 0.3) is 0 Å². The predicted octanol–water partition coefficient (Wildman–Crippen LogP) is 3.52. The second kappa shape index (κ2) is 5.69. The third-order valence-corrected chi connectivity index (χ3v) is 2.48. The molecule has 1 N–H and O–H groups in total. The molecule has 0 aliphatic rings. The van der Waals surface area contributed by atoms with Crippen LogP contribution >= 0.6 is 27.5 Å². The van der Waals surface area contributed by atoms with E-state index in [2.05, 4.69) is 26.2 Å². The summed E-state index contributed by atoms with van der Waals surface area (Å²) in [5.74, 6) is 0. The van der Waals surface area contributed by atoms with Gasteiger partial charge in [-0.3, -0.25) is 0 Å². The Morgan fingerprint density at radius 1 is 1.53 bits per heavy atom. The molecule has 0 spiro atoms. The molecule has 94 valence electrons. The molecule has 4 nitrogen and oxygen atoms in total. The van der Waals surface area contributed by atoms with Gasteiger partial charge >= 0.3 is 6.09 Å². The van der Waals surface area contributed by atoms with E-state index < -0.39 is 11.7 Å². The number of aromatic nitrogens is 1. The SMILES string of the molecule is CC(C)(C)OC(=O)NCc1ccc(Br)nc1Cl. The highest BCUT2D eigenvalue weighted by atomic mass is 79.9. The van der Waals surface area contributed by atoms with E-state index in [4.69, 9.17) is 16.3 Å². The Bertz CT molecular complexity index is 418. The number of carbonyl (C=O) groups excluding carboxylic acids is 1. The van der Waals surface area contributed by atoms with Crippen molar-refractivity contribution in [2.45, 2.75) is 32.9 Å². The number of alkyl carbamates (subject to hydrolysis) is 1. The van der Waals surface area contributed by atoms with E-state index in [0.29, 0.717) is 9.76 Å². The van der Waals surface area contributed by atoms with Crippen molar-refractivity contribution in [1.29, 1.82) is 0 Å². The summed E-state index contributed by atoms with van der Waals surface area (Å²) in [6, 6.07) is 3.55. The van der Waals surface area contributed by atoms with Crippen molar-refractivity contribution in [3.8, 4) is 0 Å². The number of halogens is 2. The smallest absolute Gasteiger partial charge is 0.407 e. The fraction of sp³-hybridized carbons (Fsp3) is 0.455. The number of pyridine rings is 1. The molecule has 0 atom stereocenters. The van der Waals surface area contributed by atoms with Gasteiger partial charge in [0.05, 0.1) is 0 Å². The maximum atomic E-state index is 11.4. The summed E-state index contributed by atoms with van der Waals surface area (Å²) in [6.45, 7) is 5.70. The van der Waals surface area contributed by atoms with E-state index in [1.807, 2.05) is 0 Å². The molecule has 0 saturated carbocycles. The highest BCUT2D eigenvalue weighted by molar-refractivity contribution is 9.10. The Balaban J connectivity index is 2.53. The van der Waals surface area contributed by atoms with Gasteiger partial charge in [-0.15, -0.1) is 0 Å². The van der Waals surface area contributed by atoms with Crippen LogP contribution in [0, 0.1) is 0 Å². The number of hydrogen-bond donors (Lipinski definition) is 1. The fourth-order valence-corrected chi connectivity index (χ4v) is 1.69. The van der Waals surface area contributed by atoms with Crippen molar-refractivity contribution in [3.05, 3.63) is 27.5 Å². The van der Waals surface area contributed by atoms with Crippen LogP contribution in [0.4, 0.5) is 4.79 Å². The van der Waals surface area contributed by atoms with Gasteiger partial charge in [-0.2, -0.15) is 0 Å². The van der Waals surface area contributed by atoms with Gasteiger partial charge in [-0.05, 0) is 42.8 Å². The van der Waals surface area contributed by atoms with E-state index in [9.17, 15) is 4.79 Å². The first-order valence-electron chi connectivity index (χ1n) is 5.06. The zero-order valence-electron chi connectivity index (χ0n) is 9.88. The Hall–Kier alpha value is -0.810. The van der Waals surface area contributed by atoms with Crippen molar-refractivity contribution >= 4 is 33.6 Å². The lowest BCUT2D eigenvalue weighted by molar-refractivity contribution is 0.0523. The lowest BCUT2D eigenvalue weighted by atomic mass is 10.2. The minimum absolute atomic E-state index is 0.286. The topological polar surface area (TPSA) is 51.2 Å². The summed E-state index contributed by atoms with van der Waals surface area (Å²) in [5, 5.41) is 2.97. The first kappa shape index (κ1) is 14.3. The number of ether oxygens (including phenoxy) is 1. The fourth-order valence-electron chi connectivity index (χ4n) is 1.05. The van der Waals surface area contributed by atoms with Gasteiger partial charge in [0.2, 0.25) is 0 Å². The second-order valence-electron chi connectivity index (χ2n) is 4.44. The van der Waals surface area contributed by atoms with Crippen LogP contribution in [0.15, 0.2) is 16.7 Å². The normalized spacial score (nSPS) is 11.1. The highest BCUT2D eigenvalue weighted by Gasteiger charge is 2.16. The second-order valence-corrected chi connectivity index (χ2v) is 5.61. The summed E-state index contributed by atoms with van der Waals surface area (Å²) in [5.41, 5.74) is 0.229. The molecular weight excluding hydrogens is 307 g/mol. The van der Waals surface area contributed by atoms with Crippen LogP contribution < -0.4 is 5.32 Å². The van der Waals surface area contributed by atoms with Crippen LogP contribution in [0.2, 0.25) is 5.15 Å². The quantitative estimate of drug-likeness (QED) is 0.848. The molecule has 0 unspecified atom stereocenters. The average molecular weight is 322 g/mol. The zero-order chi connectivity index (χ0) is 13.1. The molecule has 0 fully saturated rings. The molecule has 6 heteroatoms. The maximum Gasteiger partial charge on any atom is 0.407 e. The first-order valence-corrected chi connectivity index (χ1v) is 6.23. The highest BCUT2D eigenvalue weighted by Crippen LogP contribution is 2.17. The standard InChI is InChI=1S/C11H14BrClN2O2/c1-11(2,3)17-10(16)14-6-7-4-5-8(12)15-9(7)13/h4-5H,6H2,1-3H3,(H,14,16). The van der Waals surface area contributed by atoms with E-state index in [-0.39, 0.29) is 6.54 Å². The molecule has 1 aromatic rings. The lowest BCUT2D eigenvalue weighted by Crippen LogP contribution is -2.32. The van der Waals surface area contributed by atoms with Crippen molar-refractivity contribution in [2.24, 2.45) is 0 Å². The minimum atomic E-state index is -0.508. The van der Waals surface area contributed by atoms with E-state index in [1.54, 1.807) is 32.9 Å². The third-order valence-electron chi connectivity index (χ3n) is 1.71. The van der Waals surface area contributed by atoms with Gasteiger partial charge in [0.15, 0.2) is 0 Å². The monoisotopic (exact) mass is 320 g/mol. The Morgan fingerprint density at radius 3 is 2.71 bits per heavy atom. The van der Waals surface area contributed by atoms with Crippen molar-refractivity contribution in [3.63, 3.8) is 0 Å². The van der Waals surface area contributed by atoms with E-state index >= 15 is 0 Å². The third kappa shape index (κ3) is 5.37. The number of nitrogens with one attached hydrogen (secondary N) is 1. The van der Waals surface area contributed by atoms with Crippen molar-refractivity contribution < 1.29 is 9.53 Å². The summed E-state index contributed by atoms with van der Waals surface area (Å²) < 4.78 is 5.76. The van der Waals surface area contributed by atoms with E-state index in [0.717, 1.165) is 5.56 Å². The molecule has 0 aliphatic heterocycles. The first-order chi connectivity index (χ1) is 7.78. The average Bonchev–Trinajstić information content (AvgIpc) is 2.13. The van der Waals surface area contributed by atoms with Gasteiger partial charge in [0, 0.05) is 12.1 Å². The molecule has 0 saturated heterocycles. The lowest BCUT2D eigenvalue weighted by Gasteiger charge is -2.19. The van der Waals surface area contributed by atoms with Gasteiger partial charge in [-0.25, -0.2) is 9.78 Å². The number of carbonyl (C=O) groups is 1. The molecule has 1 heterocycles. The number of hydrogen-bond acceptors (Lipinski definition) is 3. The minimum Gasteiger partial charge on any atom is -0.444 e. The molecule has 0 bridgehead atoms. The van der Waals surface area contributed by atoms with E-state index in [1.165, 1.54) is 0 Å². The van der Waals surface area contributed by atoms with Crippen molar-refractivity contribution in [1.82, 2.24) is 10.3 Å². The van der Waals surface area contributed by atoms with Gasteiger partial charge in [0.1, 0.15) is 15.4 Å². The van der Waals surface area contributed by atoms with Crippen LogP contribution in [-0.2, 0) is 11.3 Å². The predicted molar refractivity (Wildman–Crippen MR) is 70.0 cm³/mol. The number of amides is 1. The zero-order valence-corrected chi connectivity index (χ0v) is 12.2. The van der Waals surface area contributed by atoms with Crippen LogP contribution in [0.3, 0.4) is 0 Å².